The van der Waals surface area contributed by atoms with Crippen molar-refractivity contribution in [3.05, 3.63) is 59.9 Å². The molecule has 3 heterocycles. The van der Waals surface area contributed by atoms with Crippen molar-refractivity contribution < 1.29 is 9.47 Å². The van der Waals surface area contributed by atoms with E-state index < -0.39 is 0 Å². The minimum atomic E-state index is 0.349. The van der Waals surface area contributed by atoms with E-state index in [0.717, 1.165) is 44.2 Å². The van der Waals surface area contributed by atoms with Crippen LogP contribution in [0.2, 0.25) is 0 Å². The molecule has 0 N–H and O–H groups in total. The number of likely N-dealkylation sites (N-methyl/N-ethyl adjacent to an activating group) is 1. The molecule has 25 heavy (non-hydrogen) atoms. The zero-order valence-electron chi connectivity index (χ0n) is 14.7. The number of nitrogens with zero attached hydrogens (tertiary/aromatic N) is 3. The number of benzene rings is 1. The number of ether oxygens (including phenoxy) is 2. The SMILES string of the molecule is CN1CCO[C@@H]2CN(Cc3cccc(OCc4ccccn4)c3)C[C@@H]21. The molecule has 0 saturated carbocycles. The zero-order valence-corrected chi connectivity index (χ0v) is 14.7. The van der Waals surface area contributed by atoms with Crippen molar-refractivity contribution in [3.63, 3.8) is 0 Å². The van der Waals surface area contributed by atoms with Gasteiger partial charge < -0.3 is 9.47 Å². The molecule has 0 unspecified atom stereocenters. The summed E-state index contributed by atoms with van der Waals surface area (Å²) in [4.78, 5) is 9.21. The summed E-state index contributed by atoms with van der Waals surface area (Å²) in [5, 5.41) is 0. The van der Waals surface area contributed by atoms with E-state index in [9.17, 15) is 0 Å². The van der Waals surface area contributed by atoms with Gasteiger partial charge in [-0.2, -0.15) is 0 Å². The molecule has 1 aromatic heterocycles. The van der Waals surface area contributed by atoms with Crippen LogP contribution in [0.25, 0.3) is 0 Å². The highest BCUT2D eigenvalue weighted by molar-refractivity contribution is 5.29. The lowest BCUT2D eigenvalue weighted by Crippen LogP contribution is -2.48. The van der Waals surface area contributed by atoms with E-state index in [0.29, 0.717) is 18.8 Å². The molecular formula is C20H25N3O2. The summed E-state index contributed by atoms with van der Waals surface area (Å²) in [5.41, 5.74) is 2.22. The largest absolute Gasteiger partial charge is 0.487 e. The summed E-state index contributed by atoms with van der Waals surface area (Å²) < 4.78 is 11.8. The molecule has 2 saturated heterocycles. The quantitative estimate of drug-likeness (QED) is 0.835. The topological polar surface area (TPSA) is 37.8 Å². The first-order chi connectivity index (χ1) is 12.3. The average molecular weight is 339 g/mol. The lowest BCUT2D eigenvalue weighted by atomic mass is 10.1. The van der Waals surface area contributed by atoms with Gasteiger partial charge in [0.2, 0.25) is 0 Å². The summed E-state index contributed by atoms with van der Waals surface area (Å²) in [5.74, 6) is 0.896. The van der Waals surface area contributed by atoms with Crippen molar-refractivity contribution >= 4 is 0 Å². The van der Waals surface area contributed by atoms with Crippen LogP contribution in [0, 0.1) is 0 Å². The second-order valence-electron chi connectivity index (χ2n) is 6.91. The molecule has 0 spiro atoms. The maximum Gasteiger partial charge on any atom is 0.130 e. The van der Waals surface area contributed by atoms with Gasteiger partial charge >= 0.3 is 0 Å². The van der Waals surface area contributed by atoms with Crippen molar-refractivity contribution in [2.75, 3.05) is 33.3 Å². The zero-order chi connectivity index (χ0) is 17.1. The number of likely N-dealkylation sites (tertiary alicyclic amines) is 1. The molecule has 2 fully saturated rings. The van der Waals surface area contributed by atoms with Crippen LogP contribution < -0.4 is 4.74 Å². The first-order valence-electron chi connectivity index (χ1n) is 8.94. The van der Waals surface area contributed by atoms with Crippen LogP contribution in [0.5, 0.6) is 5.75 Å². The monoisotopic (exact) mass is 339 g/mol. The summed E-state index contributed by atoms with van der Waals surface area (Å²) in [6.07, 6.45) is 2.14. The van der Waals surface area contributed by atoms with Gasteiger partial charge in [-0.05, 0) is 36.9 Å². The number of pyridine rings is 1. The summed E-state index contributed by atoms with van der Waals surface area (Å²) in [6, 6.07) is 14.8. The minimum absolute atomic E-state index is 0.349. The molecule has 2 aromatic rings. The molecule has 5 heteroatoms. The highest BCUT2D eigenvalue weighted by Gasteiger charge is 2.38. The molecule has 2 atom stereocenters. The van der Waals surface area contributed by atoms with Gasteiger partial charge in [0.25, 0.3) is 0 Å². The predicted octanol–water partition coefficient (Wildman–Crippen LogP) is 2.18. The molecule has 0 radical (unpaired) electrons. The lowest BCUT2D eigenvalue weighted by molar-refractivity contribution is -0.0370. The Morgan fingerprint density at radius 1 is 1.20 bits per heavy atom. The third kappa shape index (κ3) is 4.00. The third-order valence-corrected chi connectivity index (χ3v) is 5.07. The van der Waals surface area contributed by atoms with Gasteiger partial charge in [0.15, 0.2) is 0 Å². The highest BCUT2D eigenvalue weighted by atomic mass is 16.5. The fraction of sp³-hybridized carbons (Fsp3) is 0.450. The van der Waals surface area contributed by atoms with Crippen LogP contribution >= 0.6 is 0 Å². The van der Waals surface area contributed by atoms with Crippen LogP contribution in [0.15, 0.2) is 48.7 Å². The average Bonchev–Trinajstić information content (AvgIpc) is 3.05. The van der Waals surface area contributed by atoms with Gasteiger partial charge in [0.1, 0.15) is 12.4 Å². The molecule has 4 rings (SSSR count). The number of fused-ring (bicyclic) bond motifs is 1. The van der Waals surface area contributed by atoms with E-state index in [1.165, 1.54) is 5.56 Å². The second-order valence-corrected chi connectivity index (χ2v) is 6.91. The van der Waals surface area contributed by atoms with Crippen molar-refractivity contribution in [2.24, 2.45) is 0 Å². The molecule has 0 amide bonds. The van der Waals surface area contributed by atoms with Crippen LogP contribution in [0.3, 0.4) is 0 Å². The maximum absolute atomic E-state index is 5.94. The molecule has 0 bridgehead atoms. The molecule has 2 aliphatic heterocycles. The summed E-state index contributed by atoms with van der Waals surface area (Å²) >= 11 is 0. The van der Waals surface area contributed by atoms with Crippen LogP contribution in [-0.2, 0) is 17.9 Å². The maximum atomic E-state index is 5.94. The van der Waals surface area contributed by atoms with E-state index >= 15 is 0 Å². The van der Waals surface area contributed by atoms with Gasteiger partial charge in [0.05, 0.1) is 18.4 Å². The van der Waals surface area contributed by atoms with E-state index in [2.05, 4.69) is 40.0 Å². The Morgan fingerprint density at radius 3 is 3.00 bits per heavy atom. The van der Waals surface area contributed by atoms with Crippen molar-refractivity contribution in [2.45, 2.75) is 25.3 Å². The van der Waals surface area contributed by atoms with E-state index in [4.69, 9.17) is 9.47 Å². The second kappa shape index (κ2) is 7.52. The summed E-state index contributed by atoms with van der Waals surface area (Å²) in [7, 11) is 2.20. The van der Waals surface area contributed by atoms with Crippen molar-refractivity contribution in [3.8, 4) is 5.75 Å². The Hall–Kier alpha value is -1.95. The number of morpholine rings is 1. The lowest BCUT2D eigenvalue weighted by Gasteiger charge is -2.33. The normalized spacial score (nSPS) is 24.2. The van der Waals surface area contributed by atoms with Crippen molar-refractivity contribution in [1.29, 1.82) is 0 Å². The van der Waals surface area contributed by atoms with Gasteiger partial charge in [0, 0.05) is 38.4 Å². The van der Waals surface area contributed by atoms with Gasteiger partial charge in [-0.1, -0.05) is 18.2 Å². The van der Waals surface area contributed by atoms with E-state index in [1.54, 1.807) is 6.20 Å². The first-order valence-corrected chi connectivity index (χ1v) is 8.94. The Kier molecular flexibility index (Phi) is 4.97. The molecular weight excluding hydrogens is 314 g/mol. The first kappa shape index (κ1) is 16.5. The Labute approximate surface area is 149 Å². The number of hydrogen-bond donors (Lipinski definition) is 0. The molecule has 132 valence electrons. The minimum Gasteiger partial charge on any atom is -0.487 e. The molecule has 1 aromatic carbocycles. The van der Waals surface area contributed by atoms with Crippen LogP contribution in [0.1, 0.15) is 11.3 Å². The standard InChI is InChI=1S/C20H25N3O2/c1-22-9-10-24-20-14-23(13-19(20)22)12-16-5-4-7-18(11-16)25-15-17-6-2-3-8-21-17/h2-8,11,19-20H,9-10,12-15H2,1H3/t19-,20+/m0/s1. The number of rotatable bonds is 5. The molecule has 5 nitrogen and oxygen atoms in total. The number of hydrogen-bond acceptors (Lipinski definition) is 5. The van der Waals surface area contributed by atoms with Gasteiger partial charge in [-0.25, -0.2) is 0 Å². The highest BCUT2D eigenvalue weighted by Crippen LogP contribution is 2.24. The van der Waals surface area contributed by atoms with Crippen molar-refractivity contribution in [1.82, 2.24) is 14.8 Å². The van der Waals surface area contributed by atoms with E-state index in [-0.39, 0.29) is 0 Å². The summed E-state index contributed by atoms with van der Waals surface area (Å²) in [6.45, 7) is 5.39. The fourth-order valence-corrected chi connectivity index (χ4v) is 3.70. The Bertz CT molecular complexity index is 694. The third-order valence-electron chi connectivity index (χ3n) is 5.07. The Balaban J connectivity index is 1.35. The van der Waals surface area contributed by atoms with Crippen LogP contribution in [-0.4, -0.2) is 60.2 Å². The fourth-order valence-electron chi connectivity index (χ4n) is 3.70. The molecule has 2 aliphatic rings. The smallest absolute Gasteiger partial charge is 0.130 e. The van der Waals surface area contributed by atoms with E-state index in [1.807, 2.05) is 24.3 Å². The van der Waals surface area contributed by atoms with Gasteiger partial charge in [-0.15, -0.1) is 0 Å². The molecule has 0 aliphatic carbocycles. The predicted molar refractivity (Wildman–Crippen MR) is 96.4 cm³/mol. The number of aromatic nitrogens is 1. The Morgan fingerprint density at radius 2 is 2.16 bits per heavy atom. The van der Waals surface area contributed by atoms with Crippen LogP contribution in [0.4, 0.5) is 0 Å². The van der Waals surface area contributed by atoms with Gasteiger partial charge in [-0.3, -0.25) is 14.8 Å².